The van der Waals surface area contributed by atoms with Crippen LogP contribution in [-0.4, -0.2) is 24.7 Å². The number of hydrogen-bond acceptors (Lipinski definition) is 4. The van der Waals surface area contributed by atoms with Crippen LogP contribution in [0.5, 0.6) is 0 Å². The zero-order valence-electron chi connectivity index (χ0n) is 15.9. The number of fused-ring (bicyclic) bond motifs is 2. The average molecular weight is 406 g/mol. The van der Waals surface area contributed by atoms with Crippen molar-refractivity contribution in [2.75, 3.05) is 0 Å². The number of allylic oxidation sites excluding steroid dienone is 4. The molecule has 5 nitrogen and oxygen atoms in total. The maximum Gasteiger partial charge on any atom is 0.161 e. The zero-order chi connectivity index (χ0) is 20.2. The SMILES string of the molecule is Cc1nn(-c2cc(C3(C)CC(Cl)=CC=C3F)nc3ncccc23)c2ccncc12. The fourth-order valence-electron chi connectivity index (χ4n) is 3.83. The van der Waals surface area contributed by atoms with E-state index in [2.05, 4.69) is 9.97 Å². The molecule has 1 unspecified atom stereocenters. The summed E-state index contributed by atoms with van der Waals surface area (Å²) in [6, 6.07) is 7.61. The Morgan fingerprint density at radius 2 is 2.03 bits per heavy atom. The van der Waals surface area contributed by atoms with Crippen molar-refractivity contribution in [1.29, 1.82) is 0 Å². The summed E-state index contributed by atoms with van der Waals surface area (Å²) in [5, 5.41) is 7.11. The second-order valence-corrected chi connectivity index (χ2v) is 7.91. The Balaban J connectivity index is 1.83. The van der Waals surface area contributed by atoms with Crippen LogP contribution in [0.15, 0.2) is 65.9 Å². The molecule has 0 fully saturated rings. The third-order valence-corrected chi connectivity index (χ3v) is 5.74. The van der Waals surface area contributed by atoms with Gasteiger partial charge in [0, 0.05) is 40.8 Å². The summed E-state index contributed by atoms with van der Waals surface area (Å²) >= 11 is 6.25. The highest BCUT2D eigenvalue weighted by Crippen LogP contribution is 2.43. The van der Waals surface area contributed by atoms with E-state index in [1.165, 1.54) is 6.08 Å². The summed E-state index contributed by atoms with van der Waals surface area (Å²) in [7, 11) is 0. The zero-order valence-corrected chi connectivity index (χ0v) is 16.7. The van der Waals surface area contributed by atoms with Crippen molar-refractivity contribution >= 4 is 33.5 Å². The summed E-state index contributed by atoms with van der Waals surface area (Å²) in [5.41, 5.74) is 2.71. The smallest absolute Gasteiger partial charge is 0.161 e. The van der Waals surface area contributed by atoms with E-state index in [1.807, 2.05) is 42.8 Å². The van der Waals surface area contributed by atoms with Crippen LogP contribution in [0.25, 0.3) is 27.6 Å². The predicted molar refractivity (Wildman–Crippen MR) is 112 cm³/mol. The van der Waals surface area contributed by atoms with E-state index < -0.39 is 5.41 Å². The molecule has 0 aliphatic heterocycles. The highest BCUT2D eigenvalue weighted by Gasteiger charge is 2.37. The molecule has 0 radical (unpaired) electrons. The Hall–Kier alpha value is -3.12. The summed E-state index contributed by atoms with van der Waals surface area (Å²) in [5.74, 6) is -0.277. The highest BCUT2D eigenvalue weighted by molar-refractivity contribution is 6.29. The van der Waals surface area contributed by atoms with Crippen molar-refractivity contribution in [2.24, 2.45) is 0 Å². The van der Waals surface area contributed by atoms with E-state index in [4.69, 9.17) is 21.7 Å². The standard InChI is InChI=1S/C22H17ClFN5/c1-13-16-12-25-9-7-17(16)29(28-13)18-10-20(27-21-15(18)4-3-8-26-21)22(2)11-14(23)5-6-19(22)24/h3-10,12H,11H2,1-2H3. The Bertz CT molecular complexity index is 1340. The van der Waals surface area contributed by atoms with E-state index >= 15 is 0 Å². The number of aromatic nitrogens is 5. The maximum absolute atomic E-state index is 14.9. The van der Waals surface area contributed by atoms with Gasteiger partial charge in [-0.2, -0.15) is 5.10 Å². The van der Waals surface area contributed by atoms with Gasteiger partial charge >= 0.3 is 0 Å². The van der Waals surface area contributed by atoms with Crippen LogP contribution in [0.3, 0.4) is 0 Å². The number of nitrogens with zero attached hydrogens (tertiary/aromatic N) is 5. The minimum absolute atomic E-state index is 0.277. The Labute approximate surface area is 171 Å². The van der Waals surface area contributed by atoms with E-state index in [9.17, 15) is 4.39 Å². The average Bonchev–Trinajstić information content (AvgIpc) is 3.07. The maximum atomic E-state index is 14.9. The van der Waals surface area contributed by atoms with Crippen LogP contribution in [0.2, 0.25) is 0 Å². The van der Waals surface area contributed by atoms with Crippen molar-refractivity contribution < 1.29 is 4.39 Å². The minimum atomic E-state index is -0.966. The molecular formula is C22H17ClFN5. The van der Waals surface area contributed by atoms with E-state index in [0.717, 1.165) is 27.7 Å². The summed E-state index contributed by atoms with van der Waals surface area (Å²) in [6.07, 6.45) is 8.56. The number of rotatable bonds is 2. The quantitative estimate of drug-likeness (QED) is 0.453. The number of halogens is 2. The van der Waals surface area contributed by atoms with Gasteiger partial charge in [-0.05, 0) is 50.3 Å². The number of hydrogen-bond donors (Lipinski definition) is 0. The first-order valence-corrected chi connectivity index (χ1v) is 9.63. The molecule has 0 spiro atoms. The van der Waals surface area contributed by atoms with Crippen LogP contribution in [-0.2, 0) is 5.41 Å². The van der Waals surface area contributed by atoms with Crippen LogP contribution in [0.4, 0.5) is 4.39 Å². The molecule has 0 aromatic carbocycles. The van der Waals surface area contributed by atoms with Gasteiger partial charge in [-0.25, -0.2) is 19.0 Å². The lowest BCUT2D eigenvalue weighted by Gasteiger charge is -2.30. The first kappa shape index (κ1) is 17.9. The lowest BCUT2D eigenvalue weighted by atomic mass is 9.78. The minimum Gasteiger partial charge on any atom is -0.264 e. The summed E-state index contributed by atoms with van der Waals surface area (Å²) in [6.45, 7) is 3.75. The molecule has 1 aliphatic carbocycles. The van der Waals surface area contributed by atoms with E-state index in [1.54, 1.807) is 24.7 Å². The van der Waals surface area contributed by atoms with E-state index in [0.29, 0.717) is 22.8 Å². The van der Waals surface area contributed by atoms with Crippen molar-refractivity contribution in [2.45, 2.75) is 25.7 Å². The number of aryl methyl sites for hydroxylation is 1. The van der Waals surface area contributed by atoms with E-state index in [-0.39, 0.29) is 5.83 Å². The second-order valence-electron chi connectivity index (χ2n) is 7.43. The molecule has 144 valence electrons. The van der Waals surface area contributed by atoms with Gasteiger partial charge < -0.3 is 0 Å². The largest absolute Gasteiger partial charge is 0.264 e. The van der Waals surface area contributed by atoms with Crippen LogP contribution in [0, 0.1) is 6.92 Å². The highest BCUT2D eigenvalue weighted by atomic mass is 35.5. The molecule has 0 amide bonds. The Morgan fingerprint density at radius 1 is 1.17 bits per heavy atom. The first-order valence-electron chi connectivity index (χ1n) is 9.26. The summed E-state index contributed by atoms with van der Waals surface area (Å²) < 4.78 is 16.8. The molecule has 0 N–H and O–H groups in total. The molecule has 0 bridgehead atoms. The van der Waals surface area contributed by atoms with Gasteiger partial charge in [-0.1, -0.05) is 11.6 Å². The first-order chi connectivity index (χ1) is 14.0. The van der Waals surface area contributed by atoms with Gasteiger partial charge in [0.25, 0.3) is 0 Å². The third kappa shape index (κ3) is 2.75. The molecule has 0 saturated heterocycles. The van der Waals surface area contributed by atoms with Gasteiger partial charge in [0.1, 0.15) is 5.83 Å². The van der Waals surface area contributed by atoms with Crippen molar-refractivity contribution in [1.82, 2.24) is 24.7 Å². The Kier molecular flexibility index (Phi) is 3.99. The van der Waals surface area contributed by atoms with Crippen LogP contribution < -0.4 is 0 Å². The topological polar surface area (TPSA) is 56.5 Å². The molecule has 7 heteroatoms. The van der Waals surface area contributed by atoms with Gasteiger partial charge in [0.2, 0.25) is 0 Å². The molecule has 0 saturated carbocycles. The molecule has 5 rings (SSSR count). The predicted octanol–water partition coefficient (Wildman–Crippen LogP) is 5.31. The third-order valence-electron chi connectivity index (χ3n) is 5.48. The lowest BCUT2D eigenvalue weighted by molar-refractivity contribution is 0.414. The molecule has 4 heterocycles. The normalized spacial score (nSPS) is 19.4. The lowest BCUT2D eigenvalue weighted by Crippen LogP contribution is -2.26. The van der Waals surface area contributed by atoms with Gasteiger partial charge in [0.05, 0.1) is 28.0 Å². The molecule has 1 aliphatic rings. The van der Waals surface area contributed by atoms with Crippen molar-refractivity contribution in [3.8, 4) is 5.69 Å². The molecule has 4 aromatic rings. The van der Waals surface area contributed by atoms with Crippen LogP contribution in [0.1, 0.15) is 24.7 Å². The molecule has 29 heavy (non-hydrogen) atoms. The molecule has 4 aromatic heterocycles. The van der Waals surface area contributed by atoms with Gasteiger partial charge in [-0.15, -0.1) is 0 Å². The fourth-order valence-corrected chi connectivity index (χ4v) is 4.16. The fraction of sp³-hybridized carbons (Fsp3) is 0.182. The van der Waals surface area contributed by atoms with Crippen LogP contribution >= 0.6 is 11.6 Å². The van der Waals surface area contributed by atoms with Crippen molar-refractivity contribution in [3.05, 3.63) is 77.3 Å². The van der Waals surface area contributed by atoms with Gasteiger partial charge in [0.15, 0.2) is 5.65 Å². The number of pyridine rings is 3. The second kappa shape index (κ2) is 6.46. The van der Waals surface area contributed by atoms with Crippen molar-refractivity contribution in [3.63, 3.8) is 0 Å². The molecule has 1 atom stereocenters. The Morgan fingerprint density at radius 3 is 2.90 bits per heavy atom. The summed E-state index contributed by atoms with van der Waals surface area (Å²) in [4.78, 5) is 13.3. The monoisotopic (exact) mass is 405 g/mol. The molecular weight excluding hydrogens is 389 g/mol. The van der Waals surface area contributed by atoms with Gasteiger partial charge in [-0.3, -0.25) is 4.98 Å².